The zero-order valence-corrected chi connectivity index (χ0v) is 16.6. The lowest BCUT2D eigenvalue weighted by molar-refractivity contribution is 0.191. The highest BCUT2D eigenvalue weighted by Gasteiger charge is 2.39. The van der Waals surface area contributed by atoms with E-state index in [-0.39, 0.29) is 12.1 Å². The van der Waals surface area contributed by atoms with Gasteiger partial charge in [0.15, 0.2) is 5.82 Å². The van der Waals surface area contributed by atoms with Crippen molar-refractivity contribution in [2.75, 3.05) is 35.9 Å². The zero-order valence-electron chi connectivity index (χ0n) is 16.6. The molecule has 1 aliphatic heterocycles. The predicted octanol–water partition coefficient (Wildman–Crippen LogP) is 3.78. The van der Waals surface area contributed by atoms with Crippen LogP contribution in [0.2, 0.25) is 0 Å². The molecule has 8 heteroatoms. The molecule has 4 rings (SSSR count). The van der Waals surface area contributed by atoms with Crippen molar-refractivity contribution in [3.63, 3.8) is 0 Å². The molecule has 1 N–H and O–H groups in total. The Morgan fingerprint density at radius 3 is 2.79 bits per heavy atom. The molecule has 1 aromatic heterocycles. The third kappa shape index (κ3) is 3.19. The van der Waals surface area contributed by atoms with Crippen LogP contribution in [0.25, 0.3) is 0 Å². The van der Waals surface area contributed by atoms with E-state index in [1.807, 2.05) is 31.2 Å². The summed E-state index contributed by atoms with van der Waals surface area (Å²) in [4.78, 5) is 23.7. The molecule has 1 aromatic carbocycles. The normalized spacial score (nSPS) is 17.1. The number of methoxy groups -OCH3 is 1. The van der Waals surface area contributed by atoms with Crippen LogP contribution in [0.15, 0.2) is 30.5 Å². The molecule has 28 heavy (non-hydrogen) atoms. The number of hydrogen-bond donors (Lipinski definition) is 1. The molecular formula is C20H26N6O2. The van der Waals surface area contributed by atoms with Gasteiger partial charge in [0.1, 0.15) is 11.4 Å². The Balaban J connectivity index is 1.72. The van der Waals surface area contributed by atoms with Gasteiger partial charge in [0, 0.05) is 25.3 Å². The Bertz CT molecular complexity index is 868. The summed E-state index contributed by atoms with van der Waals surface area (Å²) in [5.41, 5.74) is 1.58. The van der Waals surface area contributed by atoms with Crippen molar-refractivity contribution in [1.82, 2.24) is 15.0 Å². The quantitative estimate of drug-likeness (QED) is 0.848. The number of nitrogens with zero attached hydrogens (tertiary/aromatic N) is 5. The number of hydrazine groups is 1. The van der Waals surface area contributed by atoms with Crippen LogP contribution in [0.3, 0.4) is 0 Å². The van der Waals surface area contributed by atoms with Crippen molar-refractivity contribution in [1.29, 1.82) is 0 Å². The second-order valence-electron chi connectivity index (χ2n) is 7.10. The number of fused-ring (bicyclic) bond motifs is 1. The van der Waals surface area contributed by atoms with E-state index in [9.17, 15) is 4.79 Å². The van der Waals surface area contributed by atoms with Crippen molar-refractivity contribution in [2.24, 2.45) is 0 Å². The van der Waals surface area contributed by atoms with Gasteiger partial charge in [-0.3, -0.25) is 9.91 Å². The van der Waals surface area contributed by atoms with E-state index in [1.54, 1.807) is 30.3 Å². The highest BCUT2D eigenvalue weighted by molar-refractivity contribution is 5.98. The fourth-order valence-electron chi connectivity index (χ4n) is 3.95. The summed E-state index contributed by atoms with van der Waals surface area (Å²) >= 11 is 0. The third-order valence-electron chi connectivity index (χ3n) is 5.39. The fourth-order valence-corrected chi connectivity index (χ4v) is 3.95. The van der Waals surface area contributed by atoms with E-state index in [0.717, 1.165) is 35.8 Å². The molecular weight excluding hydrogens is 356 g/mol. The van der Waals surface area contributed by atoms with Gasteiger partial charge in [0.05, 0.1) is 19.3 Å². The number of carbonyl (C=O) groups is 1. The molecule has 2 amide bonds. The summed E-state index contributed by atoms with van der Waals surface area (Å²) in [7, 11) is 3.41. The Labute approximate surface area is 165 Å². The summed E-state index contributed by atoms with van der Waals surface area (Å²) in [6.07, 6.45) is 6.21. The number of carbonyl (C=O) groups excluding carboxylic acids is 1. The van der Waals surface area contributed by atoms with Gasteiger partial charge in [-0.05, 0) is 31.9 Å². The van der Waals surface area contributed by atoms with Crippen LogP contribution >= 0.6 is 0 Å². The van der Waals surface area contributed by atoms with Crippen LogP contribution in [0.5, 0.6) is 5.75 Å². The molecule has 8 nitrogen and oxygen atoms in total. The molecule has 0 saturated heterocycles. The van der Waals surface area contributed by atoms with Crippen LogP contribution in [-0.2, 0) is 0 Å². The minimum absolute atomic E-state index is 0.0426. The van der Waals surface area contributed by atoms with Crippen LogP contribution in [0, 0.1) is 0 Å². The number of urea groups is 1. The highest BCUT2D eigenvalue weighted by Crippen LogP contribution is 2.38. The van der Waals surface area contributed by atoms with Gasteiger partial charge < -0.3 is 10.1 Å². The maximum atomic E-state index is 12.9. The molecule has 0 unspecified atom stereocenters. The molecule has 0 atom stereocenters. The maximum Gasteiger partial charge on any atom is 0.343 e. The molecule has 2 aliphatic rings. The predicted molar refractivity (Wildman–Crippen MR) is 109 cm³/mol. The molecule has 1 saturated carbocycles. The average molecular weight is 382 g/mol. The highest BCUT2D eigenvalue weighted by atomic mass is 16.5. The lowest BCUT2D eigenvalue weighted by Gasteiger charge is -2.45. The molecule has 1 fully saturated rings. The maximum absolute atomic E-state index is 12.9. The zero-order chi connectivity index (χ0) is 19.7. The van der Waals surface area contributed by atoms with E-state index in [4.69, 9.17) is 9.72 Å². The average Bonchev–Trinajstić information content (AvgIpc) is 3.25. The minimum atomic E-state index is -0.0426. The third-order valence-corrected chi connectivity index (χ3v) is 5.39. The number of rotatable bonds is 5. The largest absolute Gasteiger partial charge is 0.497 e. The second kappa shape index (κ2) is 7.53. The van der Waals surface area contributed by atoms with Crippen LogP contribution < -0.4 is 20.0 Å². The fraction of sp³-hybridized carbons (Fsp3) is 0.450. The van der Waals surface area contributed by atoms with Gasteiger partial charge in [-0.25, -0.2) is 14.8 Å². The Kier molecular flexibility index (Phi) is 4.93. The van der Waals surface area contributed by atoms with Crippen molar-refractivity contribution in [2.45, 2.75) is 38.6 Å². The molecule has 0 spiro atoms. The topological polar surface area (TPSA) is 73.8 Å². The smallest absolute Gasteiger partial charge is 0.343 e. The van der Waals surface area contributed by atoms with Gasteiger partial charge in [-0.15, -0.1) is 0 Å². The number of aromatic nitrogens is 2. The van der Waals surface area contributed by atoms with Crippen molar-refractivity contribution in [3.8, 4) is 5.75 Å². The van der Waals surface area contributed by atoms with Crippen LogP contribution in [-0.4, -0.2) is 47.8 Å². The first kappa shape index (κ1) is 18.3. The standard InChI is InChI=1S/C20H26N6O2/c1-4-25-20(27)24(2)17-13-21-19(22-14-8-7-11-16(12-14)28-3)23-18(17)26(25)15-9-5-6-10-15/h7-8,11-13,15H,4-6,9-10H2,1-3H3,(H,21,22,23). The molecule has 148 valence electrons. The first-order chi connectivity index (χ1) is 13.6. The van der Waals surface area contributed by atoms with E-state index >= 15 is 0 Å². The lowest BCUT2D eigenvalue weighted by atomic mass is 10.2. The minimum Gasteiger partial charge on any atom is -0.497 e. The van der Waals surface area contributed by atoms with E-state index in [2.05, 4.69) is 15.3 Å². The number of benzene rings is 1. The first-order valence-electron chi connectivity index (χ1n) is 9.75. The molecule has 2 heterocycles. The van der Waals surface area contributed by atoms with E-state index in [0.29, 0.717) is 12.5 Å². The second-order valence-corrected chi connectivity index (χ2v) is 7.10. The Hall–Kier alpha value is -3.03. The van der Waals surface area contributed by atoms with Crippen molar-refractivity contribution in [3.05, 3.63) is 30.5 Å². The Morgan fingerprint density at radius 2 is 2.07 bits per heavy atom. The summed E-state index contributed by atoms with van der Waals surface area (Å²) in [5, 5.41) is 7.13. The number of anilines is 4. The number of amides is 2. The Morgan fingerprint density at radius 1 is 1.29 bits per heavy atom. The first-order valence-corrected chi connectivity index (χ1v) is 9.75. The molecule has 0 radical (unpaired) electrons. The molecule has 1 aliphatic carbocycles. The van der Waals surface area contributed by atoms with E-state index < -0.39 is 0 Å². The van der Waals surface area contributed by atoms with Crippen LogP contribution in [0.1, 0.15) is 32.6 Å². The number of ether oxygens (including phenoxy) is 1. The van der Waals surface area contributed by atoms with E-state index in [1.165, 1.54) is 12.8 Å². The van der Waals surface area contributed by atoms with Crippen LogP contribution in [0.4, 0.5) is 27.9 Å². The van der Waals surface area contributed by atoms with Crippen molar-refractivity contribution >= 4 is 29.2 Å². The summed E-state index contributed by atoms with van der Waals surface area (Å²) in [6, 6.07) is 7.88. The molecule has 0 bridgehead atoms. The number of nitrogens with one attached hydrogen (secondary N) is 1. The summed E-state index contributed by atoms with van der Waals surface area (Å²) in [6.45, 7) is 2.59. The van der Waals surface area contributed by atoms with Gasteiger partial charge >= 0.3 is 6.03 Å². The lowest BCUT2D eigenvalue weighted by Crippen LogP contribution is -2.59. The van der Waals surface area contributed by atoms with Gasteiger partial charge in [-0.2, -0.15) is 4.98 Å². The summed E-state index contributed by atoms with van der Waals surface area (Å²) < 4.78 is 5.28. The molecule has 2 aromatic rings. The summed E-state index contributed by atoms with van der Waals surface area (Å²) in [5.74, 6) is 2.03. The van der Waals surface area contributed by atoms with Crippen molar-refractivity contribution < 1.29 is 9.53 Å². The van der Waals surface area contributed by atoms with Gasteiger partial charge in [0.25, 0.3) is 0 Å². The SMILES string of the molecule is CCN1C(=O)N(C)c2cnc(Nc3cccc(OC)c3)nc2N1C1CCCC1. The number of hydrogen-bond acceptors (Lipinski definition) is 6. The van der Waals surface area contributed by atoms with Gasteiger partial charge in [0.2, 0.25) is 5.95 Å². The monoisotopic (exact) mass is 382 g/mol. The van der Waals surface area contributed by atoms with Gasteiger partial charge in [-0.1, -0.05) is 18.9 Å².